The molecule has 6 nitrogen and oxygen atoms in total. The summed E-state index contributed by atoms with van der Waals surface area (Å²) < 4.78 is 11.1. The van der Waals surface area contributed by atoms with Gasteiger partial charge < -0.3 is 13.8 Å². The molecule has 1 amide bonds. The molecule has 0 aliphatic rings. The molecule has 30 heavy (non-hydrogen) atoms. The second-order valence-electron chi connectivity index (χ2n) is 7.38. The number of nitrogens with zero attached hydrogens (tertiary/aromatic N) is 3. The Hall–Kier alpha value is -3.41. The van der Waals surface area contributed by atoms with Gasteiger partial charge in [-0.2, -0.15) is 0 Å². The highest BCUT2D eigenvalue weighted by atomic mass is 16.5. The molecular formula is C24H25N3O3. The molecule has 2 aromatic carbocycles. The maximum Gasteiger partial charge on any atom is 0.253 e. The fourth-order valence-corrected chi connectivity index (χ4v) is 3.40. The van der Waals surface area contributed by atoms with E-state index in [1.54, 1.807) is 18.4 Å². The van der Waals surface area contributed by atoms with Crippen LogP contribution < -0.4 is 0 Å². The number of carbonyl (C=O) groups excluding carboxylic acids is 1. The van der Waals surface area contributed by atoms with Gasteiger partial charge in [0.25, 0.3) is 5.91 Å². The number of aryl methyl sites for hydroxylation is 1. The van der Waals surface area contributed by atoms with Crippen LogP contribution in [0.3, 0.4) is 0 Å². The third-order valence-corrected chi connectivity index (χ3v) is 5.21. The second kappa shape index (κ2) is 8.53. The molecule has 0 unspecified atom stereocenters. The topological polar surface area (TPSA) is 72.4 Å². The van der Waals surface area contributed by atoms with Gasteiger partial charge in [0, 0.05) is 24.2 Å². The molecule has 4 rings (SSSR count). The summed E-state index contributed by atoms with van der Waals surface area (Å²) in [6, 6.07) is 13.4. The molecule has 2 aromatic heterocycles. The van der Waals surface area contributed by atoms with Gasteiger partial charge in [-0.25, -0.2) is 4.98 Å². The molecule has 0 radical (unpaired) electrons. The van der Waals surface area contributed by atoms with Crippen LogP contribution in [0, 0.1) is 6.92 Å². The lowest BCUT2D eigenvalue weighted by atomic mass is 10.1. The van der Waals surface area contributed by atoms with Crippen molar-refractivity contribution in [3.63, 3.8) is 0 Å². The highest BCUT2D eigenvalue weighted by Crippen LogP contribution is 2.30. The number of rotatable bonds is 7. The highest BCUT2D eigenvalue weighted by Gasteiger charge is 2.19. The Balaban J connectivity index is 1.67. The van der Waals surface area contributed by atoms with Gasteiger partial charge in [-0.3, -0.25) is 4.79 Å². The van der Waals surface area contributed by atoms with Crippen LogP contribution in [0.4, 0.5) is 0 Å². The first-order valence-electron chi connectivity index (χ1n) is 10.3. The number of oxazole rings is 1. The van der Waals surface area contributed by atoms with Crippen LogP contribution in [-0.4, -0.2) is 34.0 Å². The van der Waals surface area contributed by atoms with E-state index < -0.39 is 0 Å². The number of benzene rings is 2. The summed E-state index contributed by atoms with van der Waals surface area (Å²) >= 11 is 0. The summed E-state index contributed by atoms with van der Waals surface area (Å²) in [5, 5.41) is 4.93. The van der Waals surface area contributed by atoms with E-state index in [2.05, 4.69) is 17.1 Å². The average Bonchev–Trinajstić information content (AvgIpc) is 3.41. The predicted molar refractivity (Wildman–Crippen MR) is 116 cm³/mol. The quantitative estimate of drug-likeness (QED) is 0.394. The molecule has 0 saturated carbocycles. The monoisotopic (exact) mass is 403 g/mol. The summed E-state index contributed by atoms with van der Waals surface area (Å²) in [5.41, 5.74) is 4.44. The van der Waals surface area contributed by atoms with E-state index in [0.29, 0.717) is 35.0 Å². The number of hydrogen-bond acceptors (Lipinski definition) is 5. The lowest BCUT2D eigenvalue weighted by molar-refractivity contribution is 0.0762. The van der Waals surface area contributed by atoms with E-state index in [1.165, 1.54) is 5.56 Å². The molecule has 4 aromatic rings. The smallest absolute Gasteiger partial charge is 0.253 e. The molecule has 0 spiro atoms. The van der Waals surface area contributed by atoms with Crippen LogP contribution in [0.25, 0.3) is 33.8 Å². The van der Waals surface area contributed by atoms with Crippen LogP contribution in [-0.2, 0) is 0 Å². The lowest BCUT2D eigenvalue weighted by Crippen LogP contribution is -2.31. The third kappa shape index (κ3) is 3.85. The lowest BCUT2D eigenvalue weighted by Gasteiger charge is -2.20. The molecule has 0 fully saturated rings. The van der Waals surface area contributed by atoms with Crippen molar-refractivity contribution in [3.05, 3.63) is 59.9 Å². The van der Waals surface area contributed by atoms with Crippen molar-refractivity contribution >= 4 is 16.9 Å². The standard InChI is InChI=1S/C24H25N3O3/c1-4-6-13-27(5-2)24(28)18-11-12-21-19(14-18)22(26-30-21)20-15-29-23(25-20)17-9-7-16(3)8-10-17/h7-12,14-15H,4-6,13H2,1-3H3. The Morgan fingerprint density at radius 1 is 1.10 bits per heavy atom. The molecule has 0 aliphatic carbocycles. The van der Waals surface area contributed by atoms with Crippen molar-refractivity contribution in [2.75, 3.05) is 13.1 Å². The maximum atomic E-state index is 13.0. The first-order valence-corrected chi connectivity index (χ1v) is 10.3. The Morgan fingerprint density at radius 3 is 2.63 bits per heavy atom. The molecule has 0 bridgehead atoms. The molecule has 2 heterocycles. The van der Waals surface area contributed by atoms with Crippen molar-refractivity contribution in [1.82, 2.24) is 15.0 Å². The van der Waals surface area contributed by atoms with Gasteiger partial charge in [-0.05, 0) is 50.6 Å². The van der Waals surface area contributed by atoms with E-state index in [-0.39, 0.29) is 5.91 Å². The van der Waals surface area contributed by atoms with Crippen molar-refractivity contribution in [2.24, 2.45) is 0 Å². The van der Waals surface area contributed by atoms with Gasteiger partial charge in [-0.1, -0.05) is 36.2 Å². The van der Waals surface area contributed by atoms with E-state index in [1.807, 2.05) is 49.1 Å². The summed E-state index contributed by atoms with van der Waals surface area (Å²) in [5.74, 6) is 0.533. The van der Waals surface area contributed by atoms with Crippen molar-refractivity contribution in [1.29, 1.82) is 0 Å². The number of aromatic nitrogens is 2. The van der Waals surface area contributed by atoms with Gasteiger partial charge in [-0.15, -0.1) is 0 Å². The predicted octanol–water partition coefficient (Wildman–Crippen LogP) is 5.72. The number of carbonyl (C=O) groups is 1. The van der Waals surface area contributed by atoms with Gasteiger partial charge >= 0.3 is 0 Å². The molecule has 0 atom stereocenters. The summed E-state index contributed by atoms with van der Waals surface area (Å²) in [6.07, 6.45) is 3.61. The fourth-order valence-electron chi connectivity index (χ4n) is 3.40. The van der Waals surface area contributed by atoms with Gasteiger partial charge in [0.2, 0.25) is 5.89 Å². The van der Waals surface area contributed by atoms with Crippen molar-refractivity contribution < 1.29 is 13.7 Å². The van der Waals surface area contributed by atoms with E-state index in [4.69, 9.17) is 8.94 Å². The maximum absolute atomic E-state index is 13.0. The Kier molecular flexibility index (Phi) is 5.65. The number of hydrogen-bond donors (Lipinski definition) is 0. The number of amides is 1. The van der Waals surface area contributed by atoms with E-state index in [9.17, 15) is 4.79 Å². The van der Waals surface area contributed by atoms with Gasteiger partial charge in [0.1, 0.15) is 17.7 Å². The first kappa shape index (κ1) is 19.9. The zero-order valence-corrected chi connectivity index (χ0v) is 17.5. The largest absolute Gasteiger partial charge is 0.444 e. The zero-order valence-electron chi connectivity index (χ0n) is 17.5. The first-order chi connectivity index (χ1) is 14.6. The summed E-state index contributed by atoms with van der Waals surface area (Å²) in [4.78, 5) is 19.4. The fraction of sp³-hybridized carbons (Fsp3) is 0.292. The normalized spacial score (nSPS) is 11.2. The Labute approximate surface area is 175 Å². The minimum Gasteiger partial charge on any atom is -0.444 e. The Bertz CT molecular complexity index is 1160. The number of unbranched alkanes of at least 4 members (excludes halogenated alkanes) is 1. The highest BCUT2D eigenvalue weighted by molar-refractivity contribution is 6.00. The van der Waals surface area contributed by atoms with Crippen LogP contribution >= 0.6 is 0 Å². The van der Waals surface area contributed by atoms with Gasteiger partial charge in [0.05, 0.1) is 5.39 Å². The molecular weight excluding hydrogens is 378 g/mol. The third-order valence-electron chi connectivity index (χ3n) is 5.21. The van der Waals surface area contributed by atoms with Crippen LogP contribution in [0.1, 0.15) is 42.6 Å². The van der Waals surface area contributed by atoms with E-state index in [0.717, 1.165) is 30.3 Å². The summed E-state index contributed by atoms with van der Waals surface area (Å²) in [6.45, 7) is 7.59. The Morgan fingerprint density at radius 2 is 1.90 bits per heavy atom. The van der Waals surface area contributed by atoms with Crippen molar-refractivity contribution in [3.8, 4) is 22.8 Å². The SMILES string of the molecule is CCCCN(CC)C(=O)c1ccc2onc(-c3coc(-c4ccc(C)cc4)n3)c2c1. The van der Waals surface area contributed by atoms with Crippen LogP contribution in [0.2, 0.25) is 0 Å². The summed E-state index contributed by atoms with van der Waals surface area (Å²) in [7, 11) is 0. The van der Waals surface area contributed by atoms with Gasteiger partial charge in [0.15, 0.2) is 5.58 Å². The minimum absolute atomic E-state index is 0.0143. The molecule has 154 valence electrons. The second-order valence-corrected chi connectivity index (χ2v) is 7.38. The minimum atomic E-state index is 0.0143. The van der Waals surface area contributed by atoms with E-state index >= 15 is 0 Å². The molecule has 0 N–H and O–H groups in total. The molecule has 0 saturated heterocycles. The molecule has 6 heteroatoms. The average molecular weight is 403 g/mol. The zero-order chi connectivity index (χ0) is 21.1. The van der Waals surface area contributed by atoms with Crippen LogP contribution in [0.5, 0.6) is 0 Å². The van der Waals surface area contributed by atoms with Crippen LogP contribution in [0.15, 0.2) is 57.7 Å². The molecule has 0 aliphatic heterocycles. The number of fused-ring (bicyclic) bond motifs is 1. The van der Waals surface area contributed by atoms with Crippen molar-refractivity contribution in [2.45, 2.75) is 33.6 Å².